The minimum absolute atomic E-state index is 0.0477. The van der Waals surface area contributed by atoms with Crippen molar-refractivity contribution in [1.82, 2.24) is 19.7 Å². The molecule has 0 amide bonds. The Morgan fingerprint density at radius 2 is 2.04 bits per heavy atom. The summed E-state index contributed by atoms with van der Waals surface area (Å²) in [6.07, 6.45) is 1.63. The van der Waals surface area contributed by atoms with E-state index in [1.165, 1.54) is 23.5 Å². The number of aryl methyl sites for hydroxylation is 1. The molecular formula is C17H20N6O3S2. The van der Waals surface area contributed by atoms with Crippen LogP contribution in [0.4, 0.5) is 16.8 Å². The maximum atomic E-state index is 12.2. The second-order valence-electron chi connectivity index (χ2n) is 5.72. The lowest BCUT2D eigenvalue weighted by molar-refractivity contribution is 0.301. The standard InChI is InChI=1S/C17H20N6O3S2/c1-11-15(27-17(18-2)21-11)14-6-7-19-16(23-14)22-12-4-3-5-13(10-12)28(25,26)20-8-9-24/h3-7,10,20,24H,8-9H2,1-2H3,(H,18,21)(H,19,22,23). The highest BCUT2D eigenvalue weighted by molar-refractivity contribution is 7.89. The van der Waals surface area contributed by atoms with Crippen molar-refractivity contribution >= 4 is 38.1 Å². The van der Waals surface area contributed by atoms with Crippen LogP contribution >= 0.6 is 11.3 Å². The molecule has 0 aliphatic heterocycles. The minimum atomic E-state index is -3.70. The first-order valence-corrected chi connectivity index (χ1v) is 10.7. The highest BCUT2D eigenvalue weighted by Crippen LogP contribution is 2.31. The number of aliphatic hydroxyl groups is 1. The van der Waals surface area contributed by atoms with Crippen molar-refractivity contribution in [1.29, 1.82) is 0 Å². The number of hydrogen-bond donors (Lipinski definition) is 4. The van der Waals surface area contributed by atoms with Gasteiger partial charge >= 0.3 is 0 Å². The maximum absolute atomic E-state index is 12.2. The Labute approximate surface area is 167 Å². The van der Waals surface area contributed by atoms with Crippen molar-refractivity contribution in [2.45, 2.75) is 11.8 Å². The fourth-order valence-corrected chi connectivity index (χ4v) is 4.38. The molecule has 0 radical (unpaired) electrons. The Bertz CT molecular complexity index is 1070. The molecule has 4 N–H and O–H groups in total. The zero-order valence-corrected chi connectivity index (χ0v) is 16.9. The largest absolute Gasteiger partial charge is 0.395 e. The van der Waals surface area contributed by atoms with Crippen molar-refractivity contribution in [2.24, 2.45) is 0 Å². The van der Waals surface area contributed by atoms with Crippen LogP contribution in [0.25, 0.3) is 10.6 Å². The monoisotopic (exact) mass is 420 g/mol. The SMILES string of the molecule is CNc1nc(C)c(-c2ccnc(Nc3cccc(S(=O)(=O)NCCO)c3)n2)s1. The third kappa shape index (κ3) is 4.62. The summed E-state index contributed by atoms with van der Waals surface area (Å²) >= 11 is 1.49. The molecule has 148 valence electrons. The first kappa shape index (κ1) is 20.1. The zero-order chi connectivity index (χ0) is 20.1. The normalized spacial score (nSPS) is 11.4. The van der Waals surface area contributed by atoms with Crippen molar-refractivity contribution in [2.75, 3.05) is 30.8 Å². The molecule has 28 heavy (non-hydrogen) atoms. The third-order valence-electron chi connectivity index (χ3n) is 3.70. The highest BCUT2D eigenvalue weighted by Gasteiger charge is 2.15. The molecule has 0 aliphatic rings. The number of sulfonamides is 1. The number of thiazole rings is 1. The molecule has 2 heterocycles. The molecule has 2 aromatic heterocycles. The van der Waals surface area contributed by atoms with Gasteiger partial charge in [0.2, 0.25) is 16.0 Å². The van der Waals surface area contributed by atoms with Gasteiger partial charge < -0.3 is 15.7 Å². The van der Waals surface area contributed by atoms with Crippen LogP contribution in [0.2, 0.25) is 0 Å². The average Bonchev–Trinajstić information content (AvgIpc) is 3.08. The van der Waals surface area contributed by atoms with Gasteiger partial charge in [-0.2, -0.15) is 0 Å². The van der Waals surface area contributed by atoms with E-state index < -0.39 is 10.0 Å². The average molecular weight is 421 g/mol. The second kappa shape index (κ2) is 8.61. The van der Waals surface area contributed by atoms with Gasteiger partial charge in [0.15, 0.2) is 5.13 Å². The molecule has 0 unspecified atom stereocenters. The molecule has 0 saturated carbocycles. The summed E-state index contributed by atoms with van der Waals surface area (Å²) in [6, 6.07) is 8.09. The van der Waals surface area contributed by atoms with Gasteiger partial charge in [-0.1, -0.05) is 17.4 Å². The number of aliphatic hydroxyl groups excluding tert-OH is 1. The fourth-order valence-electron chi connectivity index (χ4n) is 2.42. The van der Waals surface area contributed by atoms with Gasteiger partial charge in [0, 0.05) is 25.5 Å². The topological polar surface area (TPSA) is 129 Å². The summed E-state index contributed by atoms with van der Waals surface area (Å²) in [5.41, 5.74) is 2.12. The number of hydrogen-bond acceptors (Lipinski definition) is 9. The number of aromatic nitrogens is 3. The number of anilines is 3. The molecule has 3 aromatic rings. The maximum Gasteiger partial charge on any atom is 0.240 e. The predicted molar refractivity (Wildman–Crippen MR) is 109 cm³/mol. The Morgan fingerprint density at radius 3 is 2.75 bits per heavy atom. The van der Waals surface area contributed by atoms with E-state index in [1.54, 1.807) is 24.4 Å². The predicted octanol–water partition coefficient (Wildman–Crippen LogP) is 1.96. The van der Waals surface area contributed by atoms with Gasteiger partial charge in [-0.3, -0.25) is 0 Å². The van der Waals surface area contributed by atoms with Crippen molar-refractivity contribution in [3.8, 4) is 10.6 Å². The van der Waals surface area contributed by atoms with Crippen LogP contribution in [0.15, 0.2) is 41.4 Å². The first-order chi connectivity index (χ1) is 13.4. The molecule has 0 bridgehead atoms. The van der Waals surface area contributed by atoms with Crippen LogP contribution in [0.5, 0.6) is 0 Å². The molecule has 0 fully saturated rings. The van der Waals surface area contributed by atoms with Gasteiger partial charge in [0.25, 0.3) is 0 Å². The third-order valence-corrected chi connectivity index (χ3v) is 6.36. The number of nitrogens with zero attached hydrogens (tertiary/aromatic N) is 3. The van der Waals surface area contributed by atoms with Crippen LogP contribution in [-0.2, 0) is 10.0 Å². The van der Waals surface area contributed by atoms with Crippen LogP contribution in [-0.4, -0.2) is 48.7 Å². The van der Waals surface area contributed by atoms with Gasteiger partial charge in [-0.15, -0.1) is 0 Å². The molecule has 0 saturated heterocycles. The van der Waals surface area contributed by atoms with Crippen molar-refractivity contribution in [3.63, 3.8) is 0 Å². The molecule has 0 aliphatic carbocycles. The van der Waals surface area contributed by atoms with E-state index in [-0.39, 0.29) is 18.0 Å². The van der Waals surface area contributed by atoms with Crippen LogP contribution in [0.3, 0.4) is 0 Å². The minimum Gasteiger partial charge on any atom is -0.395 e. The summed E-state index contributed by atoms with van der Waals surface area (Å²) in [7, 11) is -1.89. The second-order valence-corrected chi connectivity index (χ2v) is 8.49. The van der Waals surface area contributed by atoms with Crippen molar-refractivity contribution < 1.29 is 13.5 Å². The summed E-state index contributed by atoms with van der Waals surface area (Å²) in [6.45, 7) is 1.59. The quantitative estimate of drug-likeness (QED) is 0.435. The van der Waals surface area contributed by atoms with E-state index in [1.807, 2.05) is 14.0 Å². The smallest absolute Gasteiger partial charge is 0.240 e. The Balaban J connectivity index is 1.85. The van der Waals surface area contributed by atoms with Gasteiger partial charge in [-0.05, 0) is 31.2 Å². The van der Waals surface area contributed by atoms with E-state index in [9.17, 15) is 8.42 Å². The lowest BCUT2D eigenvalue weighted by Gasteiger charge is -2.09. The van der Waals surface area contributed by atoms with Gasteiger partial charge in [0.1, 0.15) is 0 Å². The van der Waals surface area contributed by atoms with Gasteiger partial charge in [0.05, 0.1) is 27.8 Å². The van der Waals surface area contributed by atoms with Crippen molar-refractivity contribution in [3.05, 3.63) is 42.2 Å². The molecule has 3 rings (SSSR count). The molecule has 0 spiro atoms. The Hall–Kier alpha value is -2.60. The van der Waals surface area contributed by atoms with E-state index in [2.05, 4.69) is 30.3 Å². The number of rotatable bonds is 8. The Morgan fingerprint density at radius 1 is 1.21 bits per heavy atom. The number of nitrogens with one attached hydrogen (secondary N) is 3. The number of benzene rings is 1. The summed E-state index contributed by atoms with van der Waals surface area (Å²) < 4.78 is 26.7. The summed E-state index contributed by atoms with van der Waals surface area (Å²) in [5, 5.41) is 15.7. The Kier molecular flexibility index (Phi) is 6.19. The molecule has 11 heteroatoms. The van der Waals surface area contributed by atoms with E-state index >= 15 is 0 Å². The van der Waals surface area contributed by atoms with Crippen LogP contribution in [0.1, 0.15) is 5.69 Å². The van der Waals surface area contributed by atoms with E-state index in [0.29, 0.717) is 11.6 Å². The lowest BCUT2D eigenvalue weighted by atomic mass is 10.3. The summed E-state index contributed by atoms with van der Waals surface area (Å²) in [5.74, 6) is 0.342. The fraction of sp³-hybridized carbons (Fsp3) is 0.235. The van der Waals surface area contributed by atoms with Gasteiger partial charge in [-0.25, -0.2) is 28.1 Å². The molecule has 0 atom stereocenters. The van der Waals surface area contributed by atoms with E-state index in [0.717, 1.165) is 21.4 Å². The zero-order valence-electron chi connectivity index (χ0n) is 15.3. The first-order valence-electron chi connectivity index (χ1n) is 8.39. The highest BCUT2D eigenvalue weighted by atomic mass is 32.2. The van der Waals surface area contributed by atoms with E-state index in [4.69, 9.17) is 5.11 Å². The molecular weight excluding hydrogens is 400 g/mol. The molecule has 1 aromatic carbocycles. The lowest BCUT2D eigenvalue weighted by Crippen LogP contribution is -2.26. The van der Waals surface area contributed by atoms with Crippen LogP contribution in [0, 0.1) is 6.92 Å². The summed E-state index contributed by atoms with van der Waals surface area (Å²) in [4.78, 5) is 14.1. The molecule has 9 nitrogen and oxygen atoms in total. The van der Waals surface area contributed by atoms with Crippen LogP contribution < -0.4 is 15.4 Å².